The second-order valence-electron chi connectivity index (χ2n) is 5.93. The highest BCUT2D eigenvalue weighted by atomic mass is 16.5. The van der Waals surface area contributed by atoms with Crippen molar-refractivity contribution in [3.8, 4) is 5.75 Å². The van der Waals surface area contributed by atoms with Gasteiger partial charge in [-0.15, -0.1) is 0 Å². The minimum absolute atomic E-state index is 0.101. The van der Waals surface area contributed by atoms with Crippen molar-refractivity contribution in [3.63, 3.8) is 0 Å². The van der Waals surface area contributed by atoms with E-state index < -0.39 is 0 Å². The fourth-order valence-electron chi connectivity index (χ4n) is 3.81. The average molecular weight is 246 g/mol. The molecule has 2 heteroatoms. The number of aryl methyl sites for hydroxylation is 1. The van der Waals surface area contributed by atoms with Crippen molar-refractivity contribution in [2.24, 2.45) is 5.92 Å². The van der Waals surface area contributed by atoms with Gasteiger partial charge in [-0.2, -0.15) is 0 Å². The van der Waals surface area contributed by atoms with Crippen LogP contribution in [0.2, 0.25) is 0 Å². The first-order chi connectivity index (χ1) is 8.64. The summed E-state index contributed by atoms with van der Waals surface area (Å²) in [6.45, 7) is 4.29. The second kappa shape index (κ2) is 4.27. The molecule has 98 valence electrons. The monoisotopic (exact) mass is 246 g/mol. The van der Waals surface area contributed by atoms with Gasteiger partial charge >= 0.3 is 0 Å². The van der Waals surface area contributed by atoms with Crippen LogP contribution in [-0.4, -0.2) is 10.7 Å². The summed E-state index contributed by atoms with van der Waals surface area (Å²) in [5.41, 5.74) is 2.06. The van der Waals surface area contributed by atoms with Gasteiger partial charge in [0.05, 0.1) is 6.10 Å². The number of ether oxygens (including phenoxy) is 1. The Hall–Kier alpha value is -1.02. The van der Waals surface area contributed by atoms with Crippen molar-refractivity contribution < 1.29 is 9.84 Å². The number of aliphatic hydroxyl groups excluding tert-OH is 1. The summed E-state index contributed by atoms with van der Waals surface area (Å²) in [6.07, 6.45) is 5.11. The van der Waals surface area contributed by atoms with E-state index >= 15 is 0 Å². The van der Waals surface area contributed by atoms with Crippen molar-refractivity contribution in [2.45, 2.75) is 57.7 Å². The van der Waals surface area contributed by atoms with Crippen LogP contribution in [0.4, 0.5) is 0 Å². The predicted octanol–water partition coefficient (Wildman–Crippen LogP) is 3.76. The van der Waals surface area contributed by atoms with E-state index in [4.69, 9.17) is 4.74 Å². The van der Waals surface area contributed by atoms with Gasteiger partial charge < -0.3 is 9.84 Å². The van der Waals surface area contributed by atoms with E-state index in [0.717, 1.165) is 30.6 Å². The van der Waals surface area contributed by atoms with Crippen LogP contribution in [0.3, 0.4) is 0 Å². The van der Waals surface area contributed by atoms with Gasteiger partial charge in [-0.25, -0.2) is 0 Å². The summed E-state index contributed by atoms with van der Waals surface area (Å²) < 4.78 is 6.35. The fourth-order valence-corrected chi connectivity index (χ4v) is 3.81. The highest BCUT2D eigenvalue weighted by Crippen LogP contribution is 2.50. The highest BCUT2D eigenvalue weighted by molar-refractivity contribution is 5.41. The minimum atomic E-state index is -0.360. The number of fused-ring (bicyclic) bond motifs is 1. The first-order valence-corrected chi connectivity index (χ1v) is 7.12. The topological polar surface area (TPSA) is 29.5 Å². The number of benzene rings is 1. The van der Waals surface area contributed by atoms with Crippen LogP contribution in [0.15, 0.2) is 18.2 Å². The molecule has 1 aliphatic carbocycles. The van der Waals surface area contributed by atoms with Crippen LogP contribution in [-0.2, 0) is 0 Å². The lowest BCUT2D eigenvalue weighted by molar-refractivity contribution is -0.0411. The predicted molar refractivity (Wildman–Crippen MR) is 71.7 cm³/mol. The minimum Gasteiger partial charge on any atom is -0.486 e. The molecule has 3 rings (SSSR count). The first-order valence-electron chi connectivity index (χ1n) is 7.12. The van der Waals surface area contributed by atoms with Gasteiger partial charge in [0.15, 0.2) is 0 Å². The molecule has 0 saturated heterocycles. The molecule has 1 aromatic carbocycles. The third-order valence-corrected chi connectivity index (χ3v) is 4.77. The molecular weight excluding hydrogens is 224 g/mol. The zero-order valence-electron chi connectivity index (χ0n) is 11.3. The zero-order chi connectivity index (χ0) is 12.8. The van der Waals surface area contributed by atoms with E-state index in [0.29, 0.717) is 5.92 Å². The Morgan fingerprint density at radius 2 is 2.28 bits per heavy atom. The van der Waals surface area contributed by atoms with E-state index in [1.807, 2.05) is 6.07 Å². The van der Waals surface area contributed by atoms with E-state index in [2.05, 4.69) is 26.0 Å². The molecule has 1 saturated carbocycles. The van der Waals surface area contributed by atoms with Crippen molar-refractivity contribution in [2.75, 3.05) is 0 Å². The molecule has 18 heavy (non-hydrogen) atoms. The molecule has 2 nitrogen and oxygen atoms in total. The summed E-state index contributed by atoms with van der Waals surface area (Å²) in [6, 6.07) is 6.16. The third-order valence-electron chi connectivity index (χ3n) is 4.77. The Kier molecular flexibility index (Phi) is 2.86. The van der Waals surface area contributed by atoms with Gasteiger partial charge in [-0.1, -0.05) is 18.6 Å². The maximum absolute atomic E-state index is 10.4. The zero-order valence-corrected chi connectivity index (χ0v) is 11.3. The summed E-state index contributed by atoms with van der Waals surface area (Å²) in [4.78, 5) is 0. The number of aliphatic hydroxyl groups is 1. The van der Waals surface area contributed by atoms with Crippen molar-refractivity contribution in [1.82, 2.24) is 0 Å². The Bertz CT molecular complexity index is 454. The maximum atomic E-state index is 10.4. The first kappa shape index (κ1) is 12.0. The van der Waals surface area contributed by atoms with Crippen LogP contribution < -0.4 is 4.74 Å². The van der Waals surface area contributed by atoms with Crippen molar-refractivity contribution in [3.05, 3.63) is 29.3 Å². The average Bonchev–Trinajstić information content (AvgIpc) is 2.72. The molecule has 1 heterocycles. The van der Waals surface area contributed by atoms with Gasteiger partial charge in [0.1, 0.15) is 11.4 Å². The largest absolute Gasteiger partial charge is 0.486 e. The van der Waals surface area contributed by atoms with E-state index in [-0.39, 0.29) is 11.7 Å². The van der Waals surface area contributed by atoms with Crippen molar-refractivity contribution >= 4 is 0 Å². The molecule has 2 unspecified atom stereocenters. The van der Waals surface area contributed by atoms with Gasteiger partial charge in [0.2, 0.25) is 0 Å². The smallest absolute Gasteiger partial charge is 0.125 e. The molecule has 0 radical (unpaired) electrons. The van der Waals surface area contributed by atoms with Crippen LogP contribution >= 0.6 is 0 Å². The number of hydrogen-bond acceptors (Lipinski definition) is 2. The second-order valence-corrected chi connectivity index (χ2v) is 5.93. The van der Waals surface area contributed by atoms with Crippen LogP contribution in [0.1, 0.15) is 56.3 Å². The fraction of sp³-hybridized carbons (Fsp3) is 0.625. The number of hydrogen-bond donors (Lipinski definition) is 1. The van der Waals surface area contributed by atoms with E-state index in [9.17, 15) is 5.11 Å². The van der Waals surface area contributed by atoms with Gasteiger partial charge in [-0.05, 0) is 50.7 Å². The quantitative estimate of drug-likeness (QED) is 0.817. The van der Waals surface area contributed by atoms with Gasteiger partial charge in [-0.3, -0.25) is 0 Å². The van der Waals surface area contributed by atoms with Gasteiger partial charge in [0, 0.05) is 12.0 Å². The summed E-state index contributed by atoms with van der Waals surface area (Å²) in [7, 11) is 0. The summed E-state index contributed by atoms with van der Waals surface area (Å²) >= 11 is 0. The lowest BCUT2D eigenvalue weighted by atomic mass is 9.80. The molecule has 3 atom stereocenters. The Labute approximate surface area is 109 Å². The maximum Gasteiger partial charge on any atom is 0.125 e. The Balaban J connectivity index is 1.98. The Morgan fingerprint density at radius 3 is 3.06 bits per heavy atom. The van der Waals surface area contributed by atoms with Crippen LogP contribution in [0.5, 0.6) is 5.75 Å². The molecule has 1 aromatic rings. The molecule has 1 N–H and O–H groups in total. The lowest BCUT2D eigenvalue weighted by Crippen LogP contribution is -2.44. The summed E-state index contributed by atoms with van der Waals surface area (Å²) in [5.74, 6) is 1.50. The molecule has 0 amide bonds. The summed E-state index contributed by atoms with van der Waals surface area (Å²) in [5, 5.41) is 10.4. The standard InChI is InChI=1S/C16H22O2/c1-3-12-5-4-8-16(12)10-14(17)13-9-11(2)6-7-15(13)18-16/h6-7,9,12,14,17H,3-5,8,10H2,1-2H3/t12?,14-,16?/m1/s1. The van der Waals surface area contributed by atoms with Crippen LogP contribution in [0, 0.1) is 12.8 Å². The third kappa shape index (κ3) is 1.74. The molecule has 2 aliphatic rings. The Morgan fingerprint density at radius 1 is 1.44 bits per heavy atom. The molecule has 0 bridgehead atoms. The van der Waals surface area contributed by atoms with Gasteiger partial charge in [0.25, 0.3) is 0 Å². The molecule has 1 fully saturated rings. The van der Waals surface area contributed by atoms with E-state index in [1.165, 1.54) is 18.4 Å². The number of rotatable bonds is 1. The SMILES string of the molecule is CCC1CCCC12C[C@@H](O)c1cc(C)ccc1O2. The molecule has 0 aromatic heterocycles. The molecule has 1 spiro atoms. The normalized spacial score (nSPS) is 34.4. The van der Waals surface area contributed by atoms with E-state index in [1.54, 1.807) is 0 Å². The highest BCUT2D eigenvalue weighted by Gasteiger charge is 2.48. The molecule has 1 aliphatic heterocycles. The lowest BCUT2D eigenvalue weighted by Gasteiger charge is -2.42. The van der Waals surface area contributed by atoms with Crippen LogP contribution in [0.25, 0.3) is 0 Å². The van der Waals surface area contributed by atoms with Crippen molar-refractivity contribution in [1.29, 1.82) is 0 Å². The molecular formula is C16H22O2.